The van der Waals surface area contributed by atoms with Gasteiger partial charge in [0.1, 0.15) is 5.52 Å². The number of amides is 1. The SMILES string of the molecule is O=C(CN1CCCC(c2nc3ccccc3o2)C1)Nc1cccc(Cl)c1Cl. The lowest BCUT2D eigenvalue weighted by Gasteiger charge is -2.30. The highest BCUT2D eigenvalue weighted by Gasteiger charge is 2.26. The number of oxazole rings is 1. The molecule has 1 aromatic heterocycles. The predicted octanol–water partition coefficient (Wildman–Crippen LogP) is 4.95. The third kappa shape index (κ3) is 4.10. The van der Waals surface area contributed by atoms with Crippen LogP contribution in [0.5, 0.6) is 0 Å². The van der Waals surface area contributed by atoms with E-state index in [1.54, 1.807) is 18.2 Å². The number of rotatable bonds is 4. The zero-order valence-electron chi connectivity index (χ0n) is 14.6. The van der Waals surface area contributed by atoms with Crippen LogP contribution in [-0.4, -0.2) is 35.4 Å². The van der Waals surface area contributed by atoms with Gasteiger partial charge in [-0.05, 0) is 43.7 Å². The van der Waals surface area contributed by atoms with Gasteiger partial charge in [0.15, 0.2) is 11.5 Å². The van der Waals surface area contributed by atoms with Crippen molar-refractivity contribution in [2.24, 2.45) is 0 Å². The van der Waals surface area contributed by atoms with E-state index in [4.69, 9.17) is 27.6 Å². The van der Waals surface area contributed by atoms with E-state index in [1.165, 1.54) is 0 Å². The summed E-state index contributed by atoms with van der Waals surface area (Å²) in [6.45, 7) is 1.90. The number of hydrogen-bond donors (Lipinski definition) is 1. The third-order valence-corrected chi connectivity index (χ3v) is 5.58. The molecular formula is C20H19Cl2N3O2. The van der Waals surface area contributed by atoms with E-state index in [9.17, 15) is 4.79 Å². The van der Waals surface area contributed by atoms with Crippen molar-refractivity contribution in [2.45, 2.75) is 18.8 Å². The Morgan fingerprint density at radius 2 is 2.07 bits per heavy atom. The number of piperidine rings is 1. The zero-order valence-corrected chi connectivity index (χ0v) is 16.1. The fourth-order valence-electron chi connectivity index (χ4n) is 3.46. The minimum atomic E-state index is -0.114. The highest BCUT2D eigenvalue weighted by atomic mass is 35.5. The molecule has 1 atom stereocenters. The lowest BCUT2D eigenvalue weighted by atomic mass is 9.98. The molecule has 2 heterocycles. The Morgan fingerprint density at radius 1 is 1.22 bits per heavy atom. The van der Waals surface area contributed by atoms with Crippen LogP contribution in [0.25, 0.3) is 11.1 Å². The molecule has 0 saturated carbocycles. The van der Waals surface area contributed by atoms with Crippen molar-refractivity contribution >= 4 is 45.9 Å². The molecule has 0 spiro atoms. The van der Waals surface area contributed by atoms with E-state index < -0.39 is 0 Å². The van der Waals surface area contributed by atoms with Crippen LogP contribution in [0.4, 0.5) is 5.69 Å². The number of aromatic nitrogens is 1. The fourth-order valence-corrected chi connectivity index (χ4v) is 3.81. The standard InChI is InChI=1S/C20H19Cl2N3O2/c21-14-6-3-8-16(19(14)22)23-18(26)12-25-10-4-5-13(11-25)20-24-15-7-1-2-9-17(15)27-20/h1-3,6-9,13H,4-5,10-12H2,(H,23,26). The second-order valence-corrected chi connectivity index (χ2v) is 7.53. The summed E-state index contributed by atoms with van der Waals surface area (Å²) in [5.74, 6) is 0.824. The van der Waals surface area contributed by atoms with E-state index in [0.717, 1.165) is 42.9 Å². The minimum absolute atomic E-state index is 0.114. The van der Waals surface area contributed by atoms with Gasteiger partial charge in [0.25, 0.3) is 0 Å². The summed E-state index contributed by atoms with van der Waals surface area (Å²) in [6, 6.07) is 13.0. The predicted molar refractivity (Wildman–Crippen MR) is 108 cm³/mol. The minimum Gasteiger partial charge on any atom is -0.440 e. The van der Waals surface area contributed by atoms with Gasteiger partial charge in [-0.1, -0.05) is 41.4 Å². The number of nitrogens with one attached hydrogen (secondary N) is 1. The van der Waals surface area contributed by atoms with Gasteiger partial charge < -0.3 is 9.73 Å². The highest BCUT2D eigenvalue weighted by Crippen LogP contribution is 2.30. The summed E-state index contributed by atoms with van der Waals surface area (Å²) >= 11 is 12.1. The van der Waals surface area contributed by atoms with Crippen molar-refractivity contribution in [2.75, 3.05) is 25.0 Å². The molecule has 1 saturated heterocycles. The molecule has 140 valence electrons. The molecule has 1 fully saturated rings. The molecule has 27 heavy (non-hydrogen) atoms. The van der Waals surface area contributed by atoms with Crippen LogP contribution in [0.15, 0.2) is 46.9 Å². The number of benzene rings is 2. The average Bonchev–Trinajstić information content (AvgIpc) is 3.10. The summed E-state index contributed by atoms with van der Waals surface area (Å²) in [4.78, 5) is 19.2. The van der Waals surface area contributed by atoms with Crippen LogP contribution < -0.4 is 5.32 Å². The third-order valence-electron chi connectivity index (χ3n) is 4.76. The summed E-state index contributed by atoms with van der Waals surface area (Å²) in [5, 5.41) is 3.62. The smallest absolute Gasteiger partial charge is 0.238 e. The Bertz CT molecular complexity index is 940. The first-order valence-corrected chi connectivity index (χ1v) is 9.67. The van der Waals surface area contributed by atoms with E-state index in [0.29, 0.717) is 22.3 Å². The van der Waals surface area contributed by atoms with E-state index in [2.05, 4.69) is 15.2 Å². The molecule has 1 unspecified atom stereocenters. The number of fused-ring (bicyclic) bond motifs is 1. The zero-order chi connectivity index (χ0) is 18.8. The Labute approximate surface area is 167 Å². The largest absolute Gasteiger partial charge is 0.440 e. The summed E-state index contributed by atoms with van der Waals surface area (Å²) in [6.07, 6.45) is 2.00. The molecule has 0 aliphatic carbocycles. The Balaban J connectivity index is 1.40. The topological polar surface area (TPSA) is 58.4 Å². The number of carbonyl (C=O) groups excluding carboxylic acids is 1. The van der Waals surface area contributed by atoms with E-state index >= 15 is 0 Å². The van der Waals surface area contributed by atoms with Gasteiger partial charge in [-0.3, -0.25) is 9.69 Å². The molecule has 1 N–H and O–H groups in total. The van der Waals surface area contributed by atoms with Crippen LogP contribution >= 0.6 is 23.2 Å². The van der Waals surface area contributed by atoms with Crippen LogP contribution in [-0.2, 0) is 4.79 Å². The summed E-state index contributed by atoms with van der Waals surface area (Å²) in [5.41, 5.74) is 2.21. The van der Waals surface area contributed by atoms with Gasteiger partial charge in [-0.25, -0.2) is 4.98 Å². The fraction of sp³-hybridized carbons (Fsp3) is 0.300. The maximum atomic E-state index is 12.4. The average molecular weight is 404 g/mol. The number of nitrogens with zero attached hydrogens (tertiary/aromatic N) is 2. The van der Waals surface area contributed by atoms with Crippen LogP contribution in [0.3, 0.4) is 0 Å². The van der Waals surface area contributed by atoms with Gasteiger partial charge >= 0.3 is 0 Å². The number of hydrogen-bond acceptors (Lipinski definition) is 4. The molecule has 7 heteroatoms. The molecule has 2 aromatic carbocycles. The quantitative estimate of drug-likeness (QED) is 0.668. The second-order valence-electron chi connectivity index (χ2n) is 6.74. The molecule has 1 amide bonds. The van der Waals surface area contributed by atoms with Crippen molar-refractivity contribution in [3.8, 4) is 0 Å². The van der Waals surface area contributed by atoms with Gasteiger partial charge in [0, 0.05) is 12.5 Å². The lowest BCUT2D eigenvalue weighted by molar-refractivity contribution is -0.117. The molecule has 5 nitrogen and oxygen atoms in total. The number of anilines is 1. The molecule has 3 aromatic rings. The summed E-state index contributed by atoms with van der Waals surface area (Å²) < 4.78 is 5.91. The first-order valence-electron chi connectivity index (χ1n) is 8.92. The van der Waals surface area contributed by atoms with Gasteiger partial charge in [-0.15, -0.1) is 0 Å². The number of para-hydroxylation sites is 2. The maximum Gasteiger partial charge on any atom is 0.238 e. The molecule has 1 aliphatic heterocycles. The monoisotopic (exact) mass is 403 g/mol. The van der Waals surface area contributed by atoms with Crippen LogP contribution in [0.1, 0.15) is 24.7 Å². The number of carbonyl (C=O) groups is 1. The first kappa shape index (κ1) is 18.3. The van der Waals surface area contributed by atoms with Crippen molar-refractivity contribution in [3.05, 3.63) is 58.4 Å². The molecule has 1 aliphatic rings. The van der Waals surface area contributed by atoms with Gasteiger partial charge in [-0.2, -0.15) is 0 Å². The first-order chi connectivity index (χ1) is 13.1. The maximum absolute atomic E-state index is 12.4. The van der Waals surface area contributed by atoms with Crippen molar-refractivity contribution in [3.63, 3.8) is 0 Å². The van der Waals surface area contributed by atoms with Gasteiger partial charge in [0.2, 0.25) is 5.91 Å². The van der Waals surface area contributed by atoms with E-state index in [1.807, 2.05) is 24.3 Å². The lowest BCUT2D eigenvalue weighted by Crippen LogP contribution is -2.39. The van der Waals surface area contributed by atoms with Crippen molar-refractivity contribution in [1.29, 1.82) is 0 Å². The van der Waals surface area contributed by atoms with Crippen LogP contribution in [0.2, 0.25) is 10.0 Å². The normalized spacial score (nSPS) is 17.9. The van der Waals surface area contributed by atoms with Crippen LogP contribution in [0, 0.1) is 0 Å². The second kappa shape index (κ2) is 7.89. The van der Waals surface area contributed by atoms with E-state index in [-0.39, 0.29) is 11.8 Å². The number of halogens is 2. The molecule has 0 bridgehead atoms. The number of likely N-dealkylation sites (tertiary alicyclic amines) is 1. The Hall–Kier alpha value is -2.08. The van der Waals surface area contributed by atoms with Crippen molar-refractivity contribution < 1.29 is 9.21 Å². The summed E-state index contributed by atoms with van der Waals surface area (Å²) in [7, 11) is 0. The molecule has 0 radical (unpaired) electrons. The molecular weight excluding hydrogens is 385 g/mol. The Kier molecular flexibility index (Phi) is 5.34. The Morgan fingerprint density at radius 3 is 2.93 bits per heavy atom. The van der Waals surface area contributed by atoms with Crippen molar-refractivity contribution in [1.82, 2.24) is 9.88 Å². The highest BCUT2D eigenvalue weighted by molar-refractivity contribution is 6.44. The molecule has 4 rings (SSSR count). The van der Waals surface area contributed by atoms with Gasteiger partial charge in [0.05, 0.1) is 22.3 Å².